The second kappa shape index (κ2) is 2.36. The number of aromatic nitrogens is 3. The Balaban J connectivity index is 2.96. The second-order valence-corrected chi connectivity index (χ2v) is 2.79. The SMILES string of the molecule is Clc1cnc(Cl)c2[nH]cnc12. The van der Waals surface area contributed by atoms with Gasteiger partial charge >= 0.3 is 0 Å². The highest BCUT2D eigenvalue weighted by molar-refractivity contribution is 6.38. The highest BCUT2D eigenvalue weighted by Gasteiger charge is 2.05. The average Bonchev–Trinajstić information content (AvgIpc) is 2.45. The molecule has 2 aromatic heterocycles. The molecule has 0 fully saturated rings. The molecule has 1 N–H and O–H groups in total. The minimum atomic E-state index is 0.391. The molecule has 0 spiro atoms. The van der Waals surface area contributed by atoms with Gasteiger partial charge in [-0.25, -0.2) is 9.97 Å². The van der Waals surface area contributed by atoms with Crippen LogP contribution in [0.5, 0.6) is 0 Å². The van der Waals surface area contributed by atoms with Crippen LogP contribution in [0.15, 0.2) is 12.5 Å². The van der Waals surface area contributed by atoms with Crippen molar-refractivity contribution < 1.29 is 0 Å². The van der Waals surface area contributed by atoms with E-state index in [4.69, 9.17) is 23.2 Å². The Morgan fingerprint density at radius 2 is 2.09 bits per heavy atom. The van der Waals surface area contributed by atoms with Crippen LogP contribution in [-0.4, -0.2) is 15.0 Å². The van der Waals surface area contributed by atoms with Crippen molar-refractivity contribution in [3.63, 3.8) is 0 Å². The van der Waals surface area contributed by atoms with Crippen LogP contribution in [0.1, 0.15) is 0 Å². The lowest BCUT2D eigenvalue weighted by molar-refractivity contribution is 1.33. The first-order valence-corrected chi connectivity index (χ1v) is 3.67. The van der Waals surface area contributed by atoms with E-state index in [2.05, 4.69) is 15.0 Å². The van der Waals surface area contributed by atoms with Crippen LogP contribution in [-0.2, 0) is 0 Å². The molecular formula is C6H3Cl2N3. The first kappa shape index (κ1) is 6.88. The van der Waals surface area contributed by atoms with Gasteiger partial charge in [-0.3, -0.25) is 0 Å². The molecule has 56 valence electrons. The van der Waals surface area contributed by atoms with Crippen LogP contribution in [0.25, 0.3) is 11.0 Å². The van der Waals surface area contributed by atoms with Gasteiger partial charge in [0.05, 0.1) is 11.3 Å². The van der Waals surface area contributed by atoms with Gasteiger partial charge in [-0.1, -0.05) is 23.2 Å². The number of imidazole rings is 1. The van der Waals surface area contributed by atoms with Crippen LogP contribution in [0, 0.1) is 0 Å². The fourth-order valence-corrected chi connectivity index (χ4v) is 1.26. The largest absolute Gasteiger partial charge is 0.342 e. The molecule has 0 aliphatic rings. The molecular weight excluding hydrogens is 185 g/mol. The van der Waals surface area contributed by atoms with Gasteiger partial charge in [0.25, 0.3) is 0 Å². The standard InChI is InChI=1S/C6H3Cl2N3/c7-3-1-9-6(8)5-4(3)10-2-11-5/h1-2H,(H,10,11). The van der Waals surface area contributed by atoms with Gasteiger partial charge in [0.1, 0.15) is 11.0 Å². The van der Waals surface area contributed by atoms with E-state index in [9.17, 15) is 0 Å². The Kier molecular flexibility index (Phi) is 1.47. The summed E-state index contributed by atoms with van der Waals surface area (Å²) in [6.07, 6.45) is 3.01. The fourth-order valence-electron chi connectivity index (χ4n) is 0.872. The number of hydrogen-bond acceptors (Lipinski definition) is 2. The lowest BCUT2D eigenvalue weighted by Crippen LogP contribution is -1.78. The maximum Gasteiger partial charge on any atom is 0.154 e. The number of rotatable bonds is 0. The number of pyridine rings is 1. The number of nitrogens with zero attached hydrogens (tertiary/aromatic N) is 2. The van der Waals surface area contributed by atoms with Crippen LogP contribution in [0.3, 0.4) is 0 Å². The molecule has 0 amide bonds. The molecule has 3 nitrogen and oxygen atoms in total. The monoisotopic (exact) mass is 187 g/mol. The highest BCUT2D eigenvalue weighted by Crippen LogP contribution is 2.23. The molecule has 11 heavy (non-hydrogen) atoms. The predicted octanol–water partition coefficient (Wildman–Crippen LogP) is 2.26. The molecule has 0 bridgehead atoms. The molecule has 0 aliphatic carbocycles. The maximum absolute atomic E-state index is 5.77. The van der Waals surface area contributed by atoms with Crippen LogP contribution in [0.2, 0.25) is 10.2 Å². The highest BCUT2D eigenvalue weighted by atomic mass is 35.5. The molecule has 5 heteroatoms. The molecule has 2 aromatic rings. The van der Waals surface area contributed by atoms with Crippen molar-refractivity contribution in [1.29, 1.82) is 0 Å². The number of aromatic amines is 1. The zero-order valence-corrected chi connectivity index (χ0v) is 6.82. The Bertz CT molecular complexity index is 360. The summed E-state index contributed by atoms with van der Waals surface area (Å²) in [4.78, 5) is 10.6. The van der Waals surface area contributed by atoms with E-state index >= 15 is 0 Å². The first-order chi connectivity index (χ1) is 5.29. The van der Waals surface area contributed by atoms with Gasteiger partial charge in [-0.15, -0.1) is 0 Å². The molecule has 0 aliphatic heterocycles. The number of nitrogens with one attached hydrogen (secondary N) is 1. The van der Waals surface area contributed by atoms with Gasteiger partial charge in [0.15, 0.2) is 5.15 Å². The van der Waals surface area contributed by atoms with Gasteiger partial charge in [0, 0.05) is 6.20 Å². The summed E-state index contributed by atoms with van der Waals surface area (Å²) in [5.74, 6) is 0. The first-order valence-electron chi connectivity index (χ1n) is 2.92. The summed E-state index contributed by atoms with van der Waals surface area (Å²) < 4.78 is 0. The van der Waals surface area contributed by atoms with E-state index < -0.39 is 0 Å². The quantitative estimate of drug-likeness (QED) is 0.644. The molecule has 0 saturated carbocycles. The number of halogens is 2. The van der Waals surface area contributed by atoms with E-state index in [0.29, 0.717) is 21.2 Å². The van der Waals surface area contributed by atoms with Crippen LogP contribution < -0.4 is 0 Å². The number of H-pyrrole nitrogens is 1. The van der Waals surface area contributed by atoms with E-state index in [1.54, 1.807) is 0 Å². The second-order valence-electron chi connectivity index (χ2n) is 2.02. The minimum Gasteiger partial charge on any atom is -0.342 e. The normalized spacial score (nSPS) is 10.7. The van der Waals surface area contributed by atoms with Crippen molar-refractivity contribution in [2.24, 2.45) is 0 Å². The van der Waals surface area contributed by atoms with Gasteiger partial charge < -0.3 is 4.98 Å². The summed E-state index contributed by atoms with van der Waals surface area (Å²) >= 11 is 11.5. The van der Waals surface area contributed by atoms with Crippen molar-refractivity contribution in [1.82, 2.24) is 15.0 Å². The Labute approximate surface area is 72.4 Å². The molecule has 2 rings (SSSR count). The van der Waals surface area contributed by atoms with Gasteiger partial charge in [-0.05, 0) is 0 Å². The summed E-state index contributed by atoms with van der Waals surface area (Å²) in [6.45, 7) is 0. The van der Waals surface area contributed by atoms with Crippen LogP contribution in [0.4, 0.5) is 0 Å². The third-order valence-corrected chi connectivity index (χ3v) is 1.93. The summed E-state index contributed by atoms with van der Waals surface area (Å²) in [6, 6.07) is 0. The van der Waals surface area contributed by atoms with Gasteiger partial charge in [0.2, 0.25) is 0 Å². The van der Waals surface area contributed by atoms with Crippen molar-refractivity contribution in [2.75, 3.05) is 0 Å². The molecule has 0 aromatic carbocycles. The van der Waals surface area contributed by atoms with Crippen LogP contribution >= 0.6 is 23.2 Å². The third kappa shape index (κ3) is 0.968. The Morgan fingerprint density at radius 3 is 2.82 bits per heavy atom. The predicted molar refractivity (Wildman–Crippen MR) is 43.9 cm³/mol. The Hall–Kier alpha value is -0.800. The van der Waals surface area contributed by atoms with E-state index in [1.165, 1.54) is 12.5 Å². The minimum absolute atomic E-state index is 0.391. The van der Waals surface area contributed by atoms with Crippen molar-refractivity contribution in [2.45, 2.75) is 0 Å². The number of fused-ring (bicyclic) bond motifs is 1. The fraction of sp³-hybridized carbons (Fsp3) is 0. The van der Waals surface area contributed by atoms with E-state index in [-0.39, 0.29) is 0 Å². The average molecular weight is 188 g/mol. The zero-order chi connectivity index (χ0) is 7.84. The Morgan fingerprint density at radius 1 is 1.27 bits per heavy atom. The lowest BCUT2D eigenvalue weighted by atomic mass is 10.4. The number of hydrogen-bond donors (Lipinski definition) is 1. The smallest absolute Gasteiger partial charge is 0.154 e. The van der Waals surface area contributed by atoms with Crippen molar-refractivity contribution in [3.8, 4) is 0 Å². The topological polar surface area (TPSA) is 41.6 Å². The van der Waals surface area contributed by atoms with E-state index in [1.807, 2.05) is 0 Å². The van der Waals surface area contributed by atoms with E-state index in [0.717, 1.165) is 0 Å². The summed E-state index contributed by atoms with van der Waals surface area (Å²) in [7, 11) is 0. The third-order valence-electron chi connectivity index (χ3n) is 1.36. The lowest BCUT2D eigenvalue weighted by Gasteiger charge is -1.92. The van der Waals surface area contributed by atoms with Crippen molar-refractivity contribution >= 4 is 34.2 Å². The zero-order valence-electron chi connectivity index (χ0n) is 5.31. The molecule has 0 atom stereocenters. The summed E-state index contributed by atoms with van der Waals surface area (Å²) in [5.41, 5.74) is 1.34. The van der Waals surface area contributed by atoms with Gasteiger partial charge in [-0.2, -0.15) is 0 Å². The maximum atomic E-state index is 5.77. The van der Waals surface area contributed by atoms with Crippen molar-refractivity contribution in [3.05, 3.63) is 22.7 Å². The molecule has 0 saturated heterocycles. The molecule has 2 heterocycles. The molecule has 0 unspecified atom stereocenters. The summed E-state index contributed by atoms with van der Waals surface area (Å²) in [5, 5.41) is 0.896. The molecule has 0 radical (unpaired) electrons.